The molecule has 0 radical (unpaired) electrons. The third kappa shape index (κ3) is 18.2. The zero-order chi connectivity index (χ0) is 97.0. The molecule has 0 aliphatic heterocycles. The minimum absolute atomic E-state index is 0.0419. The largest absolute Gasteiger partial charge is 0.237 e. The Hall–Kier alpha value is -18.8. The number of fused-ring (bicyclic) bond motifs is 7. The molecule has 0 atom stereocenters. The molecule has 3 aromatic heterocycles. The van der Waals surface area contributed by atoms with Crippen LogP contribution in [0.25, 0.3) is 229 Å². The molecule has 0 N–H and O–H groups in total. The zero-order valence-electron chi connectivity index (χ0n) is 79.8. The van der Waals surface area contributed by atoms with Crippen molar-refractivity contribution >= 4 is 16.5 Å². The average molecular weight is 1840 g/mol. The number of benzene rings is 20. The highest BCUT2D eigenvalue weighted by molar-refractivity contribution is 6.00. The van der Waals surface area contributed by atoms with Gasteiger partial charge in [0, 0.05) is 60.9 Å². The van der Waals surface area contributed by atoms with E-state index in [4.69, 9.17) is 51.4 Å². The maximum Gasteiger partial charge on any atom is 0.195 e. The van der Waals surface area contributed by atoms with E-state index in [1.54, 1.807) is 0 Å². The van der Waals surface area contributed by atoms with Crippen LogP contribution in [0.1, 0.15) is 49.9 Å². The monoisotopic (exact) mass is 1840 g/mol. The van der Waals surface area contributed by atoms with Crippen LogP contribution in [0.2, 0.25) is 0 Å². The van der Waals surface area contributed by atoms with Gasteiger partial charge in [-0.3, -0.25) is 0 Å². The maximum absolute atomic E-state index is 7.89. The van der Waals surface area contributed by atoms with E-state index < -0.39 is 0 Å². The molecule has 0 saturated carbocycles. The normalized spacial score (nSPS) is 12.1. The Bertz CT molecular complexity index is 8720. The van der Waals surface area contributed by atoms with Gasteiger partial charge in [0.15, 0.2) is 58.1 Å². The summed E-state index contributed by atoms with van der Waals surface area (Å²) in [6.45, 7) is 17.2. The predicted octanol–water partition coefficient (Wildman–Crippen LogP) is 34.3. The lowest BCUT2D eigenvalue weighted by atomic mass is 9.81. The van der Waals surface area contributed by atoms with Gasteiger partial charge in [-0.15, -0.1) is 0 Å². The second kappa shape index (κ2) is 38.9. The summed E-state index contributed by atoms with van der Waals surface area (Å²) in [5, 5.41) is 1.87. The quantitative estimate of drug-likeness (QED) is 0.0821. The fraction of sp³-hybridized carbons (Fsp3) is 0.0448. The summed E-state index contributed by atoms with van der Waals surface area (Å²) in [6, 6.07) is 173. The highest BCUT2D eigenvalue weighted by Crippen LogP contribution is 2.52. The molecule has 2 aliphatic rings. The second-order valence-corrected chi connectivity index (χ2v) is 37.4. The van der Waals surface area contributed by atoms with Crippen molar-refractivity contribution in [1.29, 1.82) is 0 Å². The SMILES string of the molecule is CC1(C)c2ccccc2-c2ccc(-c3cccc(-c4cccc(-c5nc(-c6ccccc6)nc(-c6ccc(-c7ccccc7)cc6)n5)c4)c3)cc21.CC1(C)c2ccccc2-c2ccc(-c3cccc(-c4cccc(-c5nc(-c6ccccc6)nc(-c6cccc(-c7ccccc7)c6)n5)c4)c3)cc21.[C-]#[N+]c1cc(-c2ccc(-c3ccccc3)cc2)cc2cc(-c3nc(-c4ccccc4)nc(-c4ccccc4)n3)ccc12. The summed E-state index contributed by atoms with van der Waals surface area (Å²) >= 11 is 0. The predicted molar refractivity (Wildman–Crippen MR) is 591 cm³/mol. The van der Waals surface area contributed by atoms with Crippen LogP contribution in [0, 0.1) is 6.57 Å². The first-order chi connectivity index (χ1) is 70.8. The Morgan fingerprint density at radius 2 is 0.347 bits per heavy atom. The van der Waals surface area contributed by atoms with Crippen molar-refractivity contribution in [3.63, 3.8) is 0 Å². The van der Waals surface area contributed by atoms with Crippen molar-refractivity contribution in [3.8, 4) is 214 Å². The lowest BCUT2D eigenvalue weighted by Crippen LogP contribution is -2.14. The highest BCUT2D eigenvalue weighted by atomic mass is 15.1. The molecule has 0 unspecified atom stereocenters. The minimum atomic E-state index is -0.0429. The third-order valence-electron chi connectivity index (χ3n) is 27.6. The first-order valence-electron chi connectivity index (χ1n) is 48.6. The van der Waals surface area contributed by atoms with E-state index in [9.17, 15) is 0 Å². The van der Waals surface area contributed by atoms with Crippen molar-refractivity contribution in [2.75, 3.05) is 0 Å². The molecule has 20 aromatic carbocycles. The molecular formula is C134H94N10. The molecule has 3 heterocycles. The molecule has 680 valence electrons. The summed E-state index contributed by atoms with van der Waals surface area (Å²) in [5.41, 5.74) is 38.2. The van der Waals surface area contributed by atoms with E-state index in [2.05, 4.69) is 360 Å². The van der Waals surface area contributed by atoms with Crippen LogP contribution in [-0.4, -0.2) is 44.9 Å². The molecular weight excluding hydrogens is 1750 g/mol. The van der Waals surface area contributed by atoms with E-state index in [1.807, 2.05) is 170 Å². The van der Waals surface area contributed by atoms with E-state index >= 15 is 0 Å². The lowest BCUT2D eigenvalue weighted by Gasteiger charge is -2.22. The van der Waals surface area contributed by atoms with Gasteiger partial charge < -0.3 is 0 Å². The maximum atomic E-state index is 7.89. The van der Waals surface area contributed by atoms with Gasteiger partial charge in [0.25, 0.3) is 0 Å². The Kier molecular flexibility index (Phi) is 24.1. The zero-order valence-corrected chi connectivity index (χ0v) is 79.8. The number of rotatable bonds is 17. The molecule has 23 aromatic rings. The van der Waals surface area contributed by atoms with Gasteiger partial charge in [0.05, 0.1) is 6.57 Å². The summed E-state index contributed by atoms with van der Waals surface area (Å²) in [7, 11) is 0. The van der Waals surface area contributed by atoms with Gasteiger partial charge in [0.1, 0.15) is 0 Å². The fourth-order valence-corrected chi connectivity index (χ4v) is 20.0. The van der Waals surface area contributed by atoms with Gasteiger partial charge in [-0.1, -0.05) is 464 Å². The van der Waals surface area contributed by atoms with Crippen LogP contribution < -0.4 is 0 Å². The van der Waals surface area contributed by atoms with Crippen molar-refractivity contribution in [2.45, 2.75) is 38.5 Å². The second-order valence-electron chi connectivity index (χ2n) is 37.4. The molecule has 0 amide bonds. The average Bonchev–Trinajstić information content (AvgIpc) is 1.58. The molecule has 10 heteroatoms. The molecule has 25 rings (SSSR count). The first-order valence-corrected chi connectivity index (χ1v) is 48.6. The Morgan fingerprint density at radius 3 is 0.667 bits per heavy atom. The molecule has 2 aliphatic carbocycles. The van der Waals surface area contributed by atoms with E-state index in [1.165, 1.54) is 77.9 Å². The molecule has 144 heavy (non-hydrogen) atoms. The highest BCUT2D eigenvalue weighted by Gasteiger charge is 2.37. The standard InChI is InChI=1S/2C48H35N3.C38H24N4/c1-48(2)43-25-10-9-24-41(43)42-27-26-38(31-44(42)48)36-20-11-19-35(28-36)37-21-13-23-40(30-37)47-50-45(33-16-7-4-8-17-33)49-46(51-47)39-22-12-18-34(29-39)32-14-5-3-6-15-32;1-48(2)43-22-10-9-21-41(43)42-28-27-39(31-44(42)48)37-18-11-17-36(29-37)38-19-12-20-40(30-38)47-50-45(34-15-7-4-8-16-34)49-46(51-47)35-25-23-33(24-26-35)32-13-5-3-6-14-32;1-39-35-25-32(28-19-17-27(18-20-28)26-11-5-2-6-12-26)24-33-23-31(21-22-34(33)35)38-41-36(29-13-7-3-8-14-29)40-37(42-38)30-15-9-4-10-16-30/h2*3-31H,1-2H3;2-25H. The Labute approximate surface area is 838 Å². The van der Waals surface area contributed by atoms with Crippen LogP contribution in [-0.2, 0) is 10.8 Å². The van der Waals surface area contributed by atoms with Crippen LogP contribution in [0.3, 0.4) is 0 Å². The molecule has 0 fully saturated rings. The van der Waals surface area contributed by atoms with E-state index in [0.29, 0.717) is 58.1 Å². The smallest absolute Gasteiger partial charge is 0.195 e. The fourth-order valence-electron chi connectivity index (χ4n) is 20.0. The van der Waals surface area contributed by atoms with Gasteiger partial charge in [0.2, 0.25) is 0 Å². The summed E-state index contributed by atoms with van der Waals surface area (Å²) in [4.78, 5) is 48.5. The number of hydrogen-bond acceptors (Lipinski definition) is 9. The van der Waals surface area contributed by atoms with Crippen LogP contribution in [0.4, 0.5) is 5.69 Å². The third-order valence-corrected chi connectivity index (χ3v) is 27.6. The number of aromatic nitrogens is 9. The molecule has 0 bridgehead atoms. The summed E-state index contributed by atoms with van der Waals surface area (Å²) < 4.78 is 0. The van der Waals surface area contributed by atoms with Crippen LogP contribution in [0.5, 0.6) is 0 Å². The van der Waals surface area contributed by atoms with Crippen molar-refractivity contribution in [1.82, 2.24) is 44.9 Å². The van der Waals surface area contributed by atoms with Gasteiger partial charge in [-0.05, 0) is 205 Å². The first kappa shape index (κ1) is 89.1. The Morgan fingerprint density at radius 1 is 0.153 bits per heavy atom. The van der Waals surface area contributed by atoms with Crippen molar-refractivity contribution < 1.29 is 0 Å². The topological polar surface area (TPSA) is 120 Å². The lowest BCUT2D eigenvalue weighted by molar-refractivity contribution is 0.660. The molecule has 10 nitrogen and oxygen atoms in total. The van der Waals surface area contributed by atoms with Crippen LogP contribution in [0.15, 0.2) is 497 Å². The van der Waals surface area contributed by atoms with Crippen LogP contribution >= 0.6 is 0 Å². The van der Waals surface area contributed by atoms with Gasteiger partial charge >= 0.3 is 0 Å². The molecule has 0 saturated heterocycles. The molecule has 0 spiro atoms. The number of nitrogens with zero attached hydrogens (tertiary/aromatic N) is 10. The van der Waals surface area contributed by atoms with E-state index in [0.717, 1.165) is 116 Å². The summed E-state index contributed by atoms with van der Waals surface area (Å²) in [6.07, 6.45) is 0. The Balaban J connectivity index is 0.000000120. The van der Waals surface area contributed by atoms with E-state index in [-0.39, 0.29) is 10.8 Å². The van der Waals surface area contributed by atoms with Crippen molar-refractivity contribution in [2.24, 2.45) is 0 Å². The van der Waals surface area contributed by atoms with Gasteiger partial charge in [-0.25, -0.2) is 49.7 Å². The van der Waals surface area contributed by atoms with Gasteiger partial charge in [-0.2, -0.15) is 0 Å². The number of hydrogen-bond donors (Lipinski definition) is 0. The summed E-state index contributed by atoms with van der Waals surface area (Å²) in [5.74, 6) is 5.70. The van der Waals surface area contributed by atoms with Crippen molar-refractivity contribution in [3.05, 3.63) is 531 Å². The minimum Gasteiger partial charge on any atom is -0.237 e.